The number of aliphatic hydroxyl groups excluding tert-OH is 2. The fraction of sp³-hybridized carbons (Fsp3) is 0.583. The maximum Gasteiger partial charge on any atom is 0.165 e. The maximum absolute atomic E-state index is 9.44. The molecule has 1 saturated carbocycles. The summed E-state index contributed by atoms with van der Waals surface area (Å²) in [5.41, 5.74) is 1.49. The van der Waals surface area contributed by atoms with Crippen LogP contribution in [0.4, 0.5) is 5.82 Å². The number of aromatic nitrogens is 4. The van der Waals surface area contributed by atoms with Gasteiger partial charge in [-0.2, -0.15) is 0 Å². The predicted octanol–water partition coefficient (Wildman–Crippen LogP) is 0.0298. The zero-order valence-corrected chi connectivity index (χ0v) is 10.7. The molecule has 0 bridgehead atoms. The quantitative estimate of drug-likeness (QED) is 0.720. The van der Waals surface area contributed by atoms with Crippen LogP contribution in [-0.4, -0.2) is 50.0 Å². The summed E-state index contributed by atoms with van der Waals surface area (Å²) < 4.78 is 1.98. The Balaban J connectivity index is 1.98. The number of fused-ring (bicyclic) bond motifs is 1. The highest BCUT2D eigenvalue weighted by atomic mass is 16.3. The Kier molecular flexibility index (Phi) is 3.08. The van der Waals surface area contributed by atoms with Crippen LogP contribution < -0.4 is 5.32 Å². The van der Waals surface area contributed by atoms with Crippen molar-refractivity contribution in [3.05, 3.63) is 12.7 Å². The molecule has 2 heterocycles. The van der Waals surface area contributed by atoms with Gasteiger partial charge in [-0.05, 0) is 12.3 Å². The van der Waals surface area contributed by atoms with Gasteiger partial charge < -0.3 is 20.1 Å². The van der Waals surface area contributed by atoms with Gasteiger partial charge in [-0.15, -0.1) is 0 Å². The van der Waals surface area contributed by atoms with Gasteiger partial charge in [0.2, 0.25) is 0 Å². The molecule has 0 saturated heterocycles. The molecule has 0 unspecified atom stereocenters. The first-order chi connectivity index (χ1) is 9.30. The largest absolute Gasteiger partial charge is 0.396 e. The lowest BCUT2D eigenvalue weighted by Crippen LogP contribution is -2.42. The second-order valence-corrected chi connectivity index (χ2v) is 4.89. The van der Waals surface area contributed by atoms with Crippen molar-refractivity contribution in [3.63, 3.8) is 0 Å². The Hall–Kier alpha value is -1.73. The molecule has 19 heavy (non-hydrogen) atoms. The van der Waals surface area contributed by atoms with Gasteiger partial charge in [-0.25, -0.2) is 15.0 Å². The highest BCUT2D eigenvalue weighted by Crippen LogP contribution is 2.44. The summed E-state index contributed by atoms with van der Waals surface area (Å²) in [6, 6.07) is 0.145. The van der Waals surface area contributed by atoms with Gasteiger partial charge in [0.05, 0.1) is 6.33 Å². The average molecular weight is 263 g/mol. The van der Waals surface area contributed by atoms with E-state index < -0.39 is 0 Å². The van der Waals surface area contributed by atoms with E-state index in [2.05, 4.69) is 20.3 Å². The summed E-state index contributed by atoms with van der Waals surface area (Å²) >= 11 is 0. The summed E-state index contributed by atoms with van der Waals surface area (Å²) in [6.45, 7) is 0.185. The number of nitrogens with one attached hydrogen (secondary N) is 1. The first-order valence-electron chi connectivity index (χ1n) is 6.37. The van der Waals surface area contributed by atoms with Crippen LogP contribution in [0.25, 0.3) is 11.2 Å². The maximum atomic E-state index is 9.44. The van der Waals surface area contributed by atoms with Crippen LogP contribution in [0.3, 0.4) is 0 Å². The summed E-state index contributed by atoms with van der Waals surface area (Å²) in [6.07, 6.45) is 4.08. The zero-order chi connectivity index (χ0) is 13.4. The van der Waals surface area contributed by atoms with Crippen molar-refractivity contribution in [2.24, 2.45) is 11.8 Å². The molecule has 2 aromatic heterocycles. The molecular formula is C12H17N5O2. The van der Waals surface area contributed by atoms with Crippen LogP contribution >= 0.6 is 0 Å². The van der Waals surface area contributed by atoms with Crippen molar-refractivity contribution in [1.82, 2.24) is 19.5 Å². The summed E-state index contributed by atoms with van der Waals surface area (Å²) in [4.78, 5) is 12.7. The van der Waals surface area contributed by atoms with Gasteiger partial charge in [0, 0.05) is 32.2 Å². The van der Waals surface area contributed by atoms with Gasteiger partial charge in [0.1, 0.15) is 11.8 Å². The normalized spacial score (nSPS) is 26.4. The van der Waals surface area contributed by atoms with E-state index in [1.807, 2.05) is 4.57 Å². The van der Waals surface area contributed by atoms with Crippen LogP contribution in [0.15, 0.2) is 12.7 Å². The van der Waals surface area contributed by atoms with E-state index in [1.165, 1.54) is 6.33 Å². The fourth-order valence-corrected chi connectivity index (χ4v) is 2.86. The zero-order valence-electron chi connectivity index (χ0n) is 10.7. The number of nitrogens with zero attached hydrogens (tertiary/aromatic N) is 4. The van der Waals surface area contributed by atoms with E-state index in [4.69, 9.17) is 0 Å². The molecule has 3 rings (SSSR count). The first-order valence-corrected chi connectivity index (χ1v) is 6.37. The molecule has 1 aliphatic rings. The van der Waals surface area contributed by atoms with E-state index >= 15 is 0 Å². The minimum absolute atomic E-state index is 0.0652. The van der Waals surface area contributed by atoms with Gasteiger partial charge in [0.25, 0.3) is 0 Å². The van der Waals surface area contributed by atoms with E-state index in [9.17, 15) is 10.2 Å². The van der Waals surface area contributed by atoms with Crippen LogP contribution in [0.5, 0.6) is 0 Å². The van der Waals surface area contributed by atoms with E-state index in [0.717, 1.165) is 17.6 Å². The van der Waals surface area contributed by atoms with E-state index in [-0.39, 0.29) is 31.1 Å². The fourth-order valence-electron chi connectivity index (χ4n) is 2.86. The monoisotopic (exact) mass is 263 g/mol. The van der Waals surface area contributed by atoms with Crippen LogP contribution in [0.2, 0.25) is 0 Å². The number of rotatable bonds is 4. The number of hydrogen-bond donors (Lipinski definition) is 3. The lowest BCUT2D eigenvalue weighted by molar-refractivity contribution is -0.00529. The van der Waals surface area contributed by atoms with Gasteiger partial charge in [-0.3, -0.25) is 0 Å². The van der Waals surface area contributed by atoms with Gasteiger partial charge in [0.15, 0.2) is 11.5 Å². The van der Waals surface area contributed by atoms with Crippen molar-refractivity contribution < 1.29 is 10.2 Å². The van der Waals surface area contributed by atoms with Gasteiger partial charge >= 0.3 is 0 Å². The Bertz CT molecular complexity index is 585. The minimum atomic E-state index is 0.0652. The second kappa shape index (κ2) is 4.75. The molecular weight excluding hydrogens is 246 g/mol. The van der Waals surface area contributed by atoms with Crippen molar-refractivity contribution in [1.29, 1.82) is 0 Å². The lowest BCUT2D eigenvalue weighted by Gasteiger charge is -2.43. The first kappa shape index (κ1) is 12.3. The van der Waals surface area contributed by atoms with Crippen LogP contribution in [0.1, 0.15) is 12.5 Å². The molecule has 1 aliphatic carbocycles. The van der Waals surface area contributed by atoms with Crippen molar-refractivity contribution in [2.45, 2.75) is 12.5 Å². The Morgan fingerprint density at radius 1 is 1.32 bits per heavy atom. The topological polar surface area (TPSA) is 96.1 Å². The molecule has 2 aromatic rings. The third-order valence-electron chi connectivity index (χ3n) is 4.04. The predicted molar refractivity (Wildman–Crippen MR) is 69.7 cm³/mol. The standard InChI is InChI=1S/C12H17N5O2/c1-13-11-10-12(15-5-14-11)17(6-16-10)9-2-7(3-18)8(9)4-19/h5-9,18-19H,2-4H2,1H3,(H,13,14,15)/t7-,8-,9-/m0/s1. The van der Waals surface area contributed by atoms with E-state index in [1.54, 1.807) is 13.4 Å². The second-order valence-electron chi connectivity index (χ2n) is 4.89. The molecule has 7 nitrogen and oxygen atoms in total. The Morgan fingerprint density at radius 2 is 2.16 bits per heavy atom. The third-order valence-corrected chi connectivity index (χ3v) is 4.04. The summed E-state index contributed by atoms with van der Waals surface area (Å²) in [7, 11) is 1.79. The number of aliphatic hydroxyl groups is 2. The number of hydrogen-bond acceptors (Lipinski definition) is 6. The SMILES string of the molecule is CNc1ncnc2c1ncn2[C@H]1C[C@@H](CO)[C@@H]1CO. The number of anilines is 1. The third kappa shape index (κ3) is 1.77. The molecule has 1 fully saturated rings. The Morgan fingerprint density at radius 3 is 2.84 bits per heavy atom. The minimum Gasteiger partial charge on any atom is -0.396 e. The summed E-state index contributed by atoms with van der Waals surface area (Å²) in [5.74, 6) is 0.927. The lowest BCUT2D eigenvalue weighted by atomic mass is 9.70. The van der Waals surface area contributed by atoms with Crippen molar-refractivity contribution in [2.75, 3.05) is 25.6 Å². The average Bonchev–Trinajstić information content (AvgIpc) is 2.82. The van der Waals surface area contributed by atoms with Crippen molar-refractivity contribution >= 4 is 17.0 Å². The molecule has 0 spiro atoms. The molecule has 0 aliphatic heterocycles. The molecule has 0 aromatic carbocycles. The van der Waals surface area contributed by atoms with Crippen LogP contribution in [0, 0.1) is 11.8 Å². The molecule has 0 radical (unpaired) electrons. The molecule has 102 valence electrons. The molecule has 3 N–H and O–H groups in total. The number of imidazole rings is 1. The Labute approximate surface area is 110 Å². The van der Waals surface area contributed by atoms with Gasteiger partial charge in [-0.1, -0.05) is 0 Å². The van der Waals surface area contributed by atoms with Crippen LogP contribution in [-0.2, 0) is 0 Å². The highest BCUT2D eigenvalue weighted by molar-refractivity contribution is 5.82. The van der Waals surface area contributed by atoms with E-state index in [0.29, 0.717) is 5.82 Å². The van der Waals surface area contributed by atoms with Crippen molar-refractivity contribution in [3.8, 4) is 0 Å². The molecule has 0 amide bonds. The smallest absolute Gasteiger partial charge is 0.165 e. The molecule has 3 atom stereocenters. The summed E-state index contributed by atoms with van der Waals surface area (Å²) in [5, 5.41) is 21.7. The highest BCUT2D eigenvalue weighted by Gasteiger charge is 2.41. The molecule has 7 heteroatoms.